The topological polar surface area (TPSA) is 82.2 Å². The molecule has 2 atom stereocenters. The van der Waals surface area contributed by atoms with E-state index in [9.17, 15) is 5.11 Å². The first-order chi connectivity index (χ1) is 23.2. The summed E-state index contributed by atoms with van der Waals surface area (Å²) in [5.74, 6) is 3.11. The molecular formula is C39H44I2O7. The molecule has 4 aromatic carbocycles. The lowest BCUT2D eigenvalue weighted by Crippen LogP contribution is -2.25. The van der Waals surface area contributed by atoms with Crippen molar-refractivity contribution < 1.29 is 33.5 Å². The molecule has 6 rings (SSSR count). The molecule has 0 amide bonds. The highest BCUT2D eigenvalue weighted by Crippen LogP contribution is 2.35. The Morgan fingerprint density at radius 1 is 0.542 bits per heavy atom. The Labute approximate surface area is 307 Å². The summed E-state index contributed by atoms with van der Waals surface area (Å²) in [6.07, 6.45) is -0.289. The number of hydrogen-bond donors (Lipinski definition) is 1. The van der Waals surface area contributed by atoms with Crippen LogP contribution in [-0.2, 0) is 20.3 Å². The van der Waals surface area contributed by atoms with Gasteiger partial charge in [-0.15, -0.1) is 0 Å². The maximum Gasteiger partial charge on any atom is 0.122 e. The van der Waals surface area contributed by atoms with Gasteiger partial charge in [0.05, 0.1) is 13.2 Å². The fourth-order valence-electron chi connectivity index (χ4n) is 5.34. The van der Waals surface area contributed by atoms with Crippen LogP contribution in [0.2, 0.25) is 0 Å². The van der Waals surface area contributed by atoms with Crippen LogP contribution in [0.3, 0.4) is 0 Å². The maximum atomic E-state index is 10.5. The Bertz CT molecular complexity index is 1430. The molecule has 0 aliphatic carbocycles. The lowest BCUT2D eigenvalue weighted by Gasteiger charge is -2.26. The summed E-state index contributed by atoms with van der Waals surface area (Å²) in [5, 5.41) is 10.5. The molecule has 2 fully saturated rings. The minimum atomic E-state index is -0.772. The van der Waals surface area contributed by atoms with Crippen LogP contribution in [0.4, 0.5) is 0 Å². The number of rotatable bonds is 16. The van der Waals surface area contributed by atoms with Gasteiger partial charge in [-0.05, 0) is 70.8 Å². The van der Waals surface area contributed by atoms with Crippen LogP contribution in [0.5, 0.6) is 23.0 Å². The molecule has 7 nitrogen and oxygen atoms in total. The van der Waals surface area contributed by atoms with Gasteiger partial charge in [-0.2, -0.15) is 0 Å². The number of aliphatic hydroxyl groups is 1. The van der Waals surface area contributed by atoms with Gasteiger partial charge in [-0.3, -0.25) is 0 Å². The van der Waals surface area contributed by atoms with Gasteiger partial charge in [0.15, 0.2) is 0 Å². The minimum absolute atomic E-state index is 0.134. The fraction of sp³-hybridized carbons (Fsp3) is 0.385. The van der Waals surface area contributed by atoms with E-state index in [1.807, 2.05) is 48.5 Å². The molecule has 256 valence electrons. The average Bonchev–Trinajstić information content (AvgIpc) is 4.06. The van der Waals surface area contributed by atoms with E-state index in [0.29, 0.717) is 24.7 Å². The van der Waals surface area contributed by atoms with Crippen molar-refractivity contribution in [1.29, 1.82) is 0 Å². The molecule has 0 radical (unpaired) electrons. The van der Waals surface area contributed by atoms with Crippen molar-refractivity contribution in [2.24, 2.45) is 0 Å². The van der Waals surface area contributed by atoms with Crippen LogP contribution in [0.15, 0.2) is 97.1 Å². The second-order valence-electron chi connectivity index (χ2n) is 13.2. The van der Waals surface area contributed by atoms with E-state index >= 15 is 0 Å². The van der Waals surface area contributed by atoms with Gasteiger partial charge in [-0.1, -0.05) is 76.2 Å². The van der Waals surface area contributed by atoms with Crippen molar-refractivity contribution in [1.82, 2.24) is 0 Å². The zero-order valence-corrected chi connectivity index (χ0v) is 32.2. The van der Waals surface area contributed by atoms with Gasteiger partial charge in [0.2, 0.25) is 0 Å². The Morgan fingerprint density at radius 2 is 0.792 bits per heavy atom. The molecule has 0 bridgehead atoms. The zero-order chi connectivity index (χ0) is 34.1. The van der Waals surface area contributed by atoms with Crippen LogP contribution in [0, 0.1) is 0 Å². The number of epoxide rings is 2. The van der Waals surface area contributed by atoms with Crippen molar-refractivity contribution >= 4 is 37.2 Å². The number of hydrogen-bond acceptors (Lipinski definition) is 7. The first-order valence-corrected chi connectivity index (χ1v) is 22.4. The number of ether oxygens (including phenoxy) is 6. The highest BCUT2D eigenvalue weighted by molar-refractivity contribution is 15.0. The molecule has 2 unspecified atom stereocenters. The lowest BCUT2D eigenvalue weighted by atomic mass is 9.78. The summed E-state index contributed by atoms with van der Waals surface area (Å²) in [7, 11) is 0. The van der Waals surface area contributed by atoms with E-state index in [-0.39, 0.29) is 36.3 Å². The molecule has 2 aliphatic rings. The third-order valence-corrected chi connectivity index (χ3v) is 8.87. The van der Waals surface area contributed by atoms with E-state index in [2.05, 4.69) is 113 Å². The normalized spacial score (nSPS) is 17.4. The molecule has 2 heterocycles. The van der Waals surface area contributed by atoms with Crippen molar-refractivity contribution in [3.63, 3.8) is 0 Å². The van der Waals surface area contributed by atoms with Gasteiger partial charge in [0, 0.05) is 48.1 Å². The smallest absolute Gasteiger partial charge is 0.122 e. The monoisotopic (exact) mass is 878 g/mol. The molecule has 4 aromatic rings. The number of benzene rings is 4. The number of halogens is 2. The molecule has 0 spiro atoms. The predicted octanol–water partition coefficient (Wildman–Crippen LogP) is 8.48. The molecule has 48 heavy (non-hydrogen) atoms. The summed E-state index contributed by atoms with van der Waals surface area (Å²) in [6.45, 7) is 11.8. The second kappa shape index (κ2) is 16.9. The minimum Gasteiger partial charge on any atom is -0.491 e. The molecule has 0 aromatic heterocycles. The third kappa shape index (κ3) is 10.2. The molecule has 1 N–H and O–H groups in total. The SMILES string of the molecule is CC(C)(c1ccc(OCC(O)COc2ccc(C(C)(C)c3ccc(OCC4CO4)cc3)cc2)cc1)c1ccc(OCC2CO2)cc1.II. The molecule has 2 saturated heterocycles. The van der Waals surface area contributed by atoms with Gasteiger partial charge >= 0.3 is 0 Å². The molecule has 2 aliphatic heterocycles. The van der Waals surface area contributed by atoms with Gasteiger partial charge < -0.3 is 33.5 Å². The van der Waals surface area contributed by atoms with Crippen LogP contribution < -0.4 is 18.9 Å². The van der Waals surface area contributed by atoms with E-state index in [1.54, 1.807) is 0 Å². The first-order valence-electron chi connectivity index (χ1n) is 16.2. The standard InChI is InChI=1S/C39H44O7.I2/c1-38(2,29-9-17-34(18-10-29)43-23-36-25-45-36)27-5-13-32(14-6-27)41-21-31(40)22-42-33-15-7-28(8-16-33)39(3,4)30-11-19-35(20-12-30)44-24-37-26-46-37;1-2/h5-20,31,36-37,40H,21-26H2,1-4H3;. The van der Waals surface area contributed by atoms with E-state index in [1.165, 1.54) is 22.3 Å². The Balaban J connectivity index is 0.00000221. The summed E-state index contributed by atoms with van der Waals surface area (Å²) < 4.78 is 33.7. The Kier molecular flexibility index (Phi) is 12.9. The molecule has 0 saturated carbocycles. The van der Waals surface area contributed by atoms with Gasteiger partial charge in [0.1, 0.15) is 67.7 Å². The zero-order valence-electron chi connectivity index (χ0n) is 27.9. The van der Waals surface area contributed by atoms with Crippen LogP contribution in [-0.4, -0.2) is 63.1 Å². The van der Waals surface area contributed by atoms with Gasteiger partial charge in [-0.25, -0.2) is 0 Å². The highest BCUT2D eigenvalue weighted by atomic mass is 128. The van der Waals surface area contributed by atoms with Crippen molar-refractivity contribution in [2.45, 2.75) is 56.8 Å². The van der Waals surface area contributed by atoms with Crippen LogP contribution >= 0.6 is 37.2 Å². The third-order valence-electron chi connectivity index (χ3n) is 8.87. The average molecular weight is 879 g/mol. The molecule has 9 heteroatoms. The van der Waals surface area contributed by atoms with Gasteiger partial charge in [0.25, 0.3) is 0 Å². The quantitative estimate of drug-likeness (QED) is 0.0894. The van der Waals surface area contributed by atoms with Crippen LogP contribution in [0.1, 0.15) is 49.9 Å². The lowest BCUT2D eigenvalue weighted by molar-refractivity contribution is 0.0626. The van der Waals surface area contributed by atoms with Crippen molar-refractivity contribution in [3.8, 4) is 23.0 Å². The first kappa shape index (κ1) is 36.7. The highest BCUT2D eigenvalue weighted by Gasteiger charge is 2.26. The van der Waals surface area contributed by atoms with E-state index in [0.717, 1.165) is 24.7 Å². The number of aliphatic hydroxyl groups excluding tert-OH is 1. The largest absolute Gasteiger partial charge is 0.491 e. The fourth-order valence-corrected chi connectivity index (χ4v) is 5.34. The summed E-state index contributed by atoms with van der Waals surface area (Å²) in [5.41, 5.74) is 4.33. The maximum absolute atomic E-state index is 10.5. The van der Waals surface area contributed by atoms with E-state index in [4.69, 9.17) is 28.4 Å². The van der Waals surface area contributed by atoms with Crippen molar-refractivity contribution in [2.75, 3.05) is 39.6 Å². The van der Waals surface area contributed by atoms with Crippen LogP contribution in [0.25, 0.3) is 0 Å². The van der Waals surface area contributed by atoms with Crippen molar-refractivity contribution in [3.05, 3.63) is 119 Å². The predicted molar refractivity (Wildman–Crippen MR) is 206 cm³/mol. The Hall–Kier alpha value is -2.58. The van der Waals surface area contributed by atoms with E-state index < -0.39 is 6.10 Å². The summed E-state index contributed by atoms with van der Waals surface area (Å²) in [4.78, 5) is 0. The molecular weight excluding hydrogens is 834 g/mol. The second-order valence-corrected chi connectivity index (χ2v) is 13.2. The summed E-state index contributed by atoms with van der Waals surface area (Å²) >= 11 is 4.24. The Morgan fingerprint density at radius 3 is 1.04 bits per heavy atom. The summed E-state index contributed by atoms with van der Waals surface area (Å²) in [6, 6.07) is 32.6.